The molecule has 2 N–H and O–H groups in total. The van der Waals surface area contributed by atoms with Gasteiger partial charge in [0.05, 0.1) is 11.0 Å². The van der Waals surface area contributed by atoms with E-state index in [2.05, 4.69) is 22.2 Å². The number of aromatic amines is 1. The van der Waals surface area contributed by atoms with Crippen molar-refractivity contribution < 1.29 is 8.78 Å². The number of fused-ring (bicyclic) bond motifs is 1. The quantitative estimate of drug-likeness (QED) is 0.896. The van der Waals surface area contributed by atoms with Crippen LogP contribution in [0.3, 0.4) is 0 Å². The van der Waals surface area contributed by atoms with Crippen molar-refractivity contribution in [2.45, 2.75) is 31.6 Å². The SMILES string of the molecule is CCCC1(c2nc3cc(F)c(F)cc3[nH]2)CCNC1. The lowest BCUT2D eigenvalue weighted by atomic mass is 9.82. The Kier molecular flexibility index (Phi) is 3.01. The van der Waals surface area contributed by atoms with Gasteiger partial charge in [-0.15, -0.1) is 0 Å². The molecule has 1 saturated heterocycles. The third-order valence-electron chi connectivity index (χ3n) is 4.00. The van der Waals surface area contributed by atoms with E-state index in [1.165, 1.54) is 6.07 Å². The number of nitrogens with zero attached hydrogens (tertiary/aromatic N) is 1. The standard InChI is InChI=1S/C14H17F2N3/c1-2-3-14(4-5-17-8-14)13-18-11-6-9(15)10(16)7-12(11)19-13/h6-7,17H,2-5,8H2,1H3,(H,18,19). The first-order chi connectivity index (χ1) is 9.14. The average molecular weight is 265 g/mol. The second kappa shape index (κ2) is 4.56. The van der Waals surface area contributed by atoms with Crippen molar-refractivity contribution in [3.05, 3.63) is 29.6 Å². The molecule has 0 spiro atoms. The van der Waals surface area contributed by atoms with Gasteiger partial charge < -0.3 is 10.3 Å². The highest BCUT2D eigenvalue weighted by atomic mass is 19.2. The maximum Gasteiger partial charge on any atom is 0.161 e. The molecule has 0 amide bonds. The molecule has 19 heavy (non-hydrogen) atoms. The van der Waals surface area contributed by atoms with Crippen molar-refractivity contribution in [2.24, 2.45) is 0 Å². The molecule has 1 unspecified atom stereocenters. The topological polar surface area (TPSA) is 40.7 Å². The van der Waals surface area contributed by atoms with E-state index in [1.807, 2.05) is 0 Å². The van der Waals surface area contributed by atoms with Gasteiger partial charge in [0.1, 0.15) is 5.82 Å². The molecule has 1 aromatic carbocycles. The summed E-state index contributed by atoms with van der Waals surface area (Å²) in [5.41, 5.74) is 1.04. The van der Waals surface area contributed by atoms with Crippen LogP contribution in [-0.2, 0) is 5.41 Å². The van der Waals surface area contributed by atoms with Crippen LogP contribution in [0.4, 0.5) is 8.78 Å². The van der Waals surface area contributed by atoms with Crippen LogP contribution in [0.1, 0.15) is 32.0 Å². The van der Waals surface area contributed by atoms with Gasteiger partial charge in [-0.05, 0) is 19.4 Å². The van der Waals surface area contributed by atoms with Crippen molar-refractivity contribution in [3.8, 4) is 0 Å². The Balaban J connectivity index is 2.09. The summed E-state index contributed by atoms with van der Waals surface area (Å²) in [5, 5.41) is 3.36. The summed E-state index contributed by atoms with van der Waals surface area (Å²) >= 11 is 0. The van der Waals surface area contributed by atoms with Crippen molar-refractivity contribution in [2.75, 3.05) is 13.1 Å². The zero-order valence-electron chi connectivity index (χ0n) is 10.9. The highest BCUT2D eigenvalue weighted by molar-refractivity contribution is 5.75. The normalized spacial score (nSPS) is 23.3. The highest BCUT2D eigenvalue weighted by Crippen LogP contribution is 2.34. The van der Waals surface area contributed by atoms with Crippen molar-refractivity contribution in [1.29, 1.82) is 0 Å². The van der Waals surface area contributed by atoms with Crippen LogP contribution in [0.15, 0.2) is 12.1 Å². The molecule has 0 bridgehead atoms. The van der Waals surface area contributed by atoms with Gasteiger partial charge >= 0.3 is 0 Å². The number of H-pyrrole nitrogens is 1. The monoisotopic (exact) mass is 265 g/mol. The predicted molar refractivity (Wildman–Crippen MR) is 70.1 cm³/mol. The molecule has 5 heteroatoms. The Bertz CT molecular complexity index is 561. The molecule has 0 radical (unpaired) electrons. The predicted octanol–water partition coefficient (Wildman–Crippen LogP) is 2.87. The van der Waals surface area contributed by atoms with E-state index in [0.717, 1.165) is 44.2 Å². The van der Waals surface area contributed by atoms with Crippen molar-refractivity contribution in [1.82, 2.24) is 15.3 Å². The molecule has 0 aliphatic carbocycles. The number of imidazole rings is 1. The number of hydrogen-bond acceptors (Lipinski definition) is 2. The van der Waals surface area contributed by atoms with Crippen molar-refractivity contribution in [3.63, 3.8) is 0 Å². The minimum absolute atomic E-state index is 0.0271. The first kappa shape index (κ1) is 12.5. The number of benzene rings is 1. The third-order valence-corrected chi connectivity index (χ3v) is 4.00. The van der Waals surface area contributed by atoms with Gasteiger partial charge in [0.25, 0.3) is 0 Å². The third kappa shape index (κ3) is 2.02. The highest BCUT2D eigenvalue weighted by Gasteiger charge is 2.37. The van der Waals surface area contributed by atoms with Crippen LogP contribution >= 0.6 is 0 Å². The first-order valence-electron chi connectivity index (χ1n) is 6.70. The fraction of sp³-hybridized carbons (Fsp3) is 0.500. The lowest BCUT2D eigenvalue weighted by Gasteiger charge is -2.25. The Hall–Kier alpha value is -1.49. The van der Waals surface area contributed by atoms with Gasteiger partial charge in [0.2, 0.25) is 0 Å². The van der Waals surface area contributed by atoms with Gasteiger partial charge in [0, 0.05) is 24.1 Å². The second-order valence-corrected chi connectivity index (χ2v) is 5.33. The van der Waals surface area contributed by atoms with Crippen molar-refractivity contribution >= 4 is 11.0 Å². The summed E-state index contributed by atoms with van der Waals surface area (Å²) in [5.74, 6) is -0.837. The Morgan fingerprint density at radius 2 is 2.11 bits per heavy atom. The smallest absolute Gasteiger partial charge is 0.161 e. The van der Waals surface area contributed by atoms with Gasteiger partial charge in [-0.2, -0.15) is 0 Å². The lowest BCUT2D eigenvalue weighted by molar-refractivity contribution is 0.406. The van der Waals surface area contributed by atoms with Crippen LogP contribution < -0.4 is 5.32 Å². The molecular formula is C14H17F2N3. The molecule has 3 rings (SSSR count). The second-order valence-electron chi connectivity index (χ2n) is 5.33. The maximum absolute atomic E-state index is 13.2. The molecule has 1 atom stereocenters. The molecule has 0 saturated carbocycles. The summed E-state index contributed by atoms with van der Waals surface area (Å²) in [7, 11) is 0. The molecule has 1 fully saturated rings. The Morgan fingerprint density at radius 1 is 1.32 bits per heavy atom. The number of rotatable bonds is 3. The molecule has 2 aromatic rings. The molecule has 102 valence electrons. The first-order valence-corrected chi connectivity index (χ1v) is 6.70. The number of hydrogen-bond donors (Lipinski definition) is 2. The molecule has 1 aromatic heterocycles. The number of aromatic nitrogens is 2. The largest absolute Gasteiger partial charge is 0.341 e. The van der Waals surface area contributed by atoms with Gasteiger partial charge in [-0.25, -0.2) is 13.8 Å². The van der Waals surface area contributed by atoms with Crippen LogP contribution in [0.25, 0.3) is 11.0 Å². The minimum atomic E-state index is -0.848. The Labute approximate surface area is 110 Å². The summed E-state index contributed by atoms with van der Waals surface area (Å²) in [4.78, 5) is 7.66. The zero-order chi connectivity index (χ0) is 13.5. The van der Waals surface area contributed by atoms with E-state index in [4.69, 9.17) is 0 Å². The molecule has 1 aliphatic heterocycles. The fourth-order valence-corrected chi connectivity index (χ4v) is 3.01. The van der Waals surface area contributed by atoms with E-state index in [1.54, 1.807) is 0 Å². The van der Waals surface area contributed by atoms with Gasteiger partial charge in [0.15, 0.2) is 11.6 Å². The van der Waals surface area contributed by atoms with E-state index in [9.17, 15) is 8.78 Å². The van der Waals surface area contributed by atoms with E-state index >= 15 is 0 Å². The minimum Gasteiger partial charge on any atom is -0.341 e. The summed E-state index contributed by atoms with van der Waals surface area (Å²) in [6.07, 6.45) is 3.08. The van der Waals surface area contributed by atoms with Crippen LogP contribution in [-0.4, -0.2) is 23.1 Å². The van der Waals surface area contributed by atoms with Gasteiger partial charge in [-0.3, -0.25) is 0 Å². The molecule has 1 aliphatic rings. The van der Waals surface area contributed by atoms with Crippen LogP contribution in [0, 0.1) is 11.6 Å². The van der Waals surface area contributed by atoms with Crippen LogP contribution in [0.5, 0.6) is 0 Å². The Morgan fingerprint density at radius 3 is 2.79 bits per heavy atom. The molecule has 2 heterocycles. The van der Waals surface area contributed by atoms with E-state index < -0.39 is 11.6 Å². The fourth-order valence-electron chi connectivity index (χ4n) is 3.01. The summed E-state index contributed by atoms with van der Waals surface area (Å²) in [6, 6.07) is 2.34. The van der Waals surface area contributed by atoms with E-state index in [0.29, 0.717) is 11.0 Å². The van der Waals surface area contributed by atoms with E-state index in [-0.39, 0.29) is 5.41 Å². The number of nitrogens with one attached hydrogen (secondary N) is 2. The summed E-state index contributed by atoms with van der Waals surface area (Å²) in [6.45, 7) is 3.97. The molecular weight excluding hydrogens is 248 g/mol. The maximum atomic E-state index is 13.2. The van der Waals surface area contributed by atoms with Gasteiger partial charge in [-0.1, -0.05) is 13.3 Å². The summed E-state index contributed by atoms with van der Waals surface area (Å²) < 4.78 is 26.5. The molecule has 3 nitrogen and oxygen atoms in total. The average Bonchev–Trinajstić information content (AvgIpc) is 2.98. The zero-order valence-corrected chi connectivity index (χ0v) is 10.9. The lowest BCUT2D eigenvalue weighted by Crippen LogP contribution is -2.30. The number of halogens is 2. The van der Waals surface area contributed by atoms with Crippen LogP contribution in [0.2, 0.25) is 0 Å².